The summed E-state index contributed by atoms with van der Waals surface area (Å²) < 4.78 is 0. The highest BCUT2D eigenvalue weighted by molar-refractivity contribution is 5.85. The standard InChI is InChI=1S/C10H21NO2.ClH/c1-8(2)9(3)7-11(4)6-5-10(12)13;/h8-9H,5-7H2,1-4H3,(H,12,13);1H. The van der Waals surface area contributed by atoms with Gasteiger partial charge in [-0.05, 0) is 18.9 Å². The summed E-state index contributed by atoms with van der Waals surface area (Å²) in [5.41, 5.74) is 0. The van der Waals surface area contributed by atoms with Crippen molar-refractivity contribution < 1.29 is 9.90 Å². The molecule has 0 heterocycles. The minimum absolute atomic E-state index is 0. The summed E-state index contributed by atoms with van der Waals surface area (Å²) in [6, 6.07) is 0. The van der Waals surface area contributed by atoms with Gasteiger partial charge in [-0.2, -0.15) is 0 Å². The molecule has 0 amide bonds. The van der Waals surface area contributed by atoms with Gasteiger partial charge in [0.25, 0.3) is 0 Å². The van der Waals surface area contributed by atoms with Gasteiger partial charge < -0.3 is 10.0 Å². The van der Waals surface area contributed by atoms with Crippen LogP contribution in [0.15, 0.2) is 0 Å². The van der Waals surface area contributed by atoms with Crippen molar-refractivity contribution in [3.63, 3.8) is 0 Å². The summed E-state index contributed by atoms with van der Waals surface area (Å²) in [6.07, 6.45) is 0.237. The maximum Gasteiger partial charge on any atom is 0.304 e. The third kappa shape index (κ3) is 8.32. The molecule has 1 atom stereocenters. The number of carbonyl (C=O) groups is 1. The first-order chi connectivity index (χ1) is 5.93. The first-order valence-electron chi connectivity index (χ1n) is 4.83. The third-order valence-electron chi connectivity index (χ3n) is 2.45. The van der Waals surface area contributed by atoms with E-state index in [2.05, 4.69) is 25.7 Å². The van der Waals surface area contributed by atoms with Crippen LogP contribution >= 0.6 is 12.4 Å². The van der Waals surface area contributed by atoms with Crippen molar-refractivity contribution >= 4 is 18.4 Å². The summed E-state index contributed by atoms with van der Waals surface area (Å²) >= 11 is 0. The Morgan fingerprint density at radius 2 is 1.86 bits per heavy atom. The van der Waals surface area contributed by atoms with Crippen LogP contribution in [0.4, 0.5) is 0 Å². The fourth-order valence-corrected chi connectivity index (χ4v) is 1.08. The predicted octanol–water partition coefficient (Wildman–Crippen LogP) is 2.11. The number of nitrogens with zero attached hydrogens (tertiary/aromatic N) is 1. The molecule has 0 saturated carbocycles. The van der Waals surface area contributed by atoms with Crippen LogP contribution in [0.1, 0.15) is 27.2 Å². The summed E-state index contributed by atoms with van der Waals surface area (Å²) in [6.45, 7) is 8.20. The number of carboxylic acid groups (broad SMARTS) is 1. The third-order valence-corrected chi connectivity index (χ3v) is 2.45. The molecule has 0 bridgehead atoms. The second-order valence-corrected chi connectivity index (χ2v) is 4.13. The van der Waals surface area contributed by atoms with Crippen LogP contribution in [-0.2, 0) is 4.79 Å². The van der Waals surface area contributed by atoms with E-state index in [1.165, 1.54) is 0 Å². The molecule has 0 aliphatic carbocycles. The van der Waals surface area contributed by atoms with Crippen LogP contribution in [0.2, 0.25) is 0 Å². The van der Waals surface area contributed by atoms with Crippen LogP contribution in [0.25, 0.3) is 0 Å². The van der Waals surface area contributed by atoms with Gasteiger partial charge in [0.05, 0.1) is 6.42 Å². The fraction of sp³-hybridized carbons (Fsp3) is 0.900. The molecule has 4 heteroatoms. The van der Waals surface area contributed by atoms with Crippen molar-refractivity contribution in [1.82, 2.24) is 4.90 Å². The summed E-state index contributed by atoms with van der Waals surface area (Å²) in [5.74, 6) is 0.565. The molecule has 0 aliphatic rings. The molecule has 86 valence electrons. The normalized spacial score (nSPS) is 12.7. The van der Waals surface area contributed by atoms with E-state index < -0.39 is 5.97 Å². The zero-order chi connectivity index (χ0) is 10.4. The maximum atomic E-state index is 10.3. The van der Waals surface area contributed by atoms with Gasteiger partial charge in [0.1, 0.15) is 0 Å². The summed E-state index contributed by atoms with van der Waals surface area (Å²) in [4.78, 5) is 12.4. The molecule has 3 nitrogen and oxygen atoms in total. The van der Waals surface area contributed by atoms with Crippen LogP contribution in [0, 0.1) is 11.8 Å². The first-order valence-corrected chi connectivity index (χ1v) is 4.83. The molecule has 0 fully saturated rings. The quantitative estimate of drug-likeness (QED) is 0.750. The molecule has 14 heavy (non-hydrogen) atoms. The molecule has 0 rings (SSSR count). The van der Waals surface area contributed by atoms with Crippen molar-refractivity contribution in [2.45, 2.75) is 27.2 Å². The van der Waals surface area contributed by atoms with E-state index in [-0.39, 0.29) is 18.8 Å². The van der Waals surface area contributed by atoms with Gasteiger partial charge in [-0.3, -0.25) is 4.79 Å². The van der Waals surface area contributed by atoms with E-state index >= 15 is 0 Å². The van der Waals surface area contributed by atoms with E-state index in [1.54, 1.807) is 0 Å². The zero-order valence-corrected chi connectivity index (χ0v) is 10.3. The lowest BCUT2D eigenvalue weighted by atomic mass is 9.98. The Bertz CT molecular complexity index is 162. The van der Waals surface area contributed by atoms with E-state index in [1.807, 2.05) is 7.05 Å². The molecular weight excluding hydrogens is 202 g/mol. The van der Waals surface area contributed by atoms with E-state index in [4.69, 9.17) is 5.11 Å². The van der Waals surface area contributed by atoms with Gasteiger partial charge >= 0.3 is 5.97 Å². The molecular formula is C10H22ClNO2. The lowest BCUT2D eigenvalue weighted by Crippen LogP contribution is -2.28. The lowest BCUT2D eigenvalue weighted by molar-refractivity contribution is -0.137. The van der Waals surface area contributed by atoms with Crippen molar-refractivity contribution in [1.29, 1.82) is 0 Å². The minimum Gasteiger partial charge on any atom is -0.481 e. The van der Waals surface area contributed by atoms with E-state index in [0.29, 0.717) is 18.4 Å². The number of hydrogen-bond donors (Lipinski definition) is 1. The van der Waals surface area contributed by atoms with Crippen LogP contribution in [0.5, 0.6) is 0 Å². The number of rotatable bonds is 6. The zero-order valence-electron chi connectivity index (χ0n) is 9.49. The SMILES string of the molecule is CC(C)C(C)CN(C)CCC(=O)O.Cl. The molecule has 0 aromatic rings. The van der Waals surface area contributed by atoms with Gasteiger partial charge in [-0.25, -0.2) is 0 Å². The van der Waals surface area contributed by atoms with Crippen molar-refractivity contribution in [3.05, 3.63) is 0 Å². The minimum atomic E-state index is -0.718. The fourth-order valence-electron chi connectivity index (χ4n) is 1.08. The number of aliphatic carboxylic acids is 1. The smallest absolute Gasteiger partial charge is 0.304 e. The highest BCUT2D eigenvalue weighted by atomic mass is 35.5. The molecule has 1 N–H and O–H groups in total. The molecule has 0 aromatic carbocycles. The van der Waals surface area contributed by atoms with Crippen LogP contribution in [0.3, 0.4) is 0 Å². The first kappa shape index (κ1) is 16.2. The van der Waals surface area contributed by atoms with Gasteiger partial charge in [0.2, 0.25) is 0 Å². The topological polar surface area (TPSA) is 40.5 Å². The Balaban J connectivity index is 0. The van der Waals surface area contributed by atoms with E-state index in [0.717, 1.165) is 6.54 Å². The monoisotopic (exact) mass is 223 g/mol. The van der Waals surface area contributed by atoms with Crippen LogP contribution in [-0.4, -0.2) is 36.1 Å². The molecule has 0 spiro atoms. The van der Waals surface area contributed by atoms with Crippen LogP contribution < -0.4 is 0 Å². The molecule has 0 aromatic heterocycles. The lowest BCUT2D eigenvalue weighted by Gasteiger charge is -2.22. The van der Waals surface area contributed by atoms with Crippen molar-refractivity contribution in [2.24, 2.45) is 11.8 Å². The summed E-state index contributed by atoms with van der Waals surface area (Å²) in [7, 11) is 1.97. The number of halogens is 1. The van der Waals surface area contributed by atoms with Gasteiger partial charge in [-0.1, -0.05) is 20.8 Å². The Hall–Kier alpha value is -0.280. The van der Waals surface area contributed by atoms with Gasteiger partial charge in [-0.15, -0.1) is 12.4 Å². The molecule has 1 unspecified atom stereocenters. The summed E-state index contributed by atoms with van der Waals surface area (Å²) in [5, 5.41) is 8.48. The van der Waals surface area contributed by atoms with Crippen molar-refractivity contribution in [2.75, 3.05) is 20.1 Å². The Morgan fingerprint density at radius 3 is 2.21 bits per heavy atom. The average molecular weight is 224 g/mol. The molecule has 0 saturated heterocycles. The maximum absolute atomic E-state index is 10.3. The second kappa shape index (κ2) is 8.06. The number of carboxylic acids is 1. The average Bonchev–Trinajstić information content (AvgIpc) is 2.00. The second-order valence-electron chi connectivity index (χ2n) is 4.13. The highest BCUT2D eigenvalue weighted by Gasteiger charge is 2.10. The highest BCUT2D eigenvalue weighted by Crippen LogP contribution is 2.10. The van der Waals surface area contributed by atoms with Gasteiger partial charge in [0, 0.05) is 13.1 Å². The Labute approximate surface area is 92.9 Å². The van der Waals surface area contributed by atoms with Gasteiger partial charge in [0.15, 0.2) is 0 Å². The molecule has 0 aliphatic heterocycles. The Morgan fingerprint density at radius 1 is 1.36 bits per heavy atom. The Kier molecular flexibility index (Phi) is 9.31. The molecule has 0 radical (unpaired) electrons. The predicted molar refractivity (Wildman–Crippen MR) is 61.0 cm³/mol. The van der Waals surface area contributed by atoms with E-state index in [9.17, 15) is 4.79 Å². The number of hydrogen-bond acceptors (Lipinski definition) is 2. The largest absolute Gasteiger partial charge is 0.481 e. The van der Waals surface area contributed by atoms with Crippen molar-refractivity contribution in [3.8, 4) is 0 Å².